The number of halogens is 1. The molecule has 2 atom stereocenters. The summed E-state index contributed by atoms with van der Waals surface area (Å²) in [6, 6.07) is 1.43. The van der Waals surface area contributed by atoms with Crippen LogP contribution in [0.3, 0.4) is 0 Å². The largest absolute Gasteiger partial charge is 0.391 e. The second kappa shape index (κ2) is 4.21. The molecule has 72 valence electrons. The Bertz CT molecular complexity index is 303. The summed E-state index contributed by atoms with van der Waals surface area (Å²) in [6.45, 7) is 1.65. The summed E-state index contributed by atoms with van der Waals surface area (Å²) < 4.78 is 0.853. The second-order valence-corrected chi connectivity index (χ2v) is 4.06. The first kappa shape index (κ1) is 10.7. The number of nitrogen functional groups attached to an aromatic ring is 1. The molecule has 0 spiro atoms. The van der Waals surface area contributed by atoms with Crippen molar-refractivity contribution < 1.29 is 5.11 Å². The minimum atomic E-state index is -0.582. The molecule has 1 aromatic heterocycles. The number of nitrogens with zero attached hydrogens (tertiary/aromatic N) is 1. The van der Waals surface area contributed by atoms with Gasteiger partial charge in [-0.05, 0) is 41.1 Å². The third kappa shape index (κ3) is 2.52. The van der Waals surface area contributed by atoms with Crippen molar-refractivity contribution in [2.24, 2.45) is 5.73 Å². The number of hydrogen-bond donors (Lipinski definition) is 3. The molecule has 0 bridgehead atoms. The zero-order valence-corrected chi connectivity index (χ0v) is 9.39. The number of rotatable bonds is 2. The van der Waals surface area contributed by atoms with Gasteiger partial charge >= 0.3 is 0 Å². The highest BCUT2D eigenvalue weighted by atomic mass is 127. The van der Waals surface area contributed by atoms with Gasteiger partial charge in [-0.3, -0.25) is 0 Å². The third-order valence-electron chi connectivity index (χ3n) is 1.80. The summed E-state index contributed by atoms with van der Waals surface area (Å²) in [5.41, 5.74) is 12.1. The molecule has 5 heteroatoms. The number of anilines is 1. The summed E-state index contributed by atoms with van der Waals surface area (Å²) in [5.74, 6) is 0.488. The minimum Gasteiger partial charge on any atom is -0.391 e. The predicted molar refractivity (Wildman–Crippen MR) is 60.0 cm³/mol. The summed E-state index contributed by atoms with van der Waals surface area (Å²) in [7, 11) is 0. The molecule has 0 unspecified atom stereocenters. The molecular formula is C8H12IN3O. The van der Waals surface area contributed by atoms with Crippen LogP contribution in [0, 0.1) is 3.57 Å². The van der Waals surface area contributed by atoms with Gasteiger partial charge in [-0.25, -0.2) is 4.98 Å². The fourth-order valence-corrected chi connectivity index (χ4v) is 1.42. The quantitative estimate of drug-likeness (QED) is 0.699. The van der Waals surface area contributed by atoms with Crippen molar-refractivity contribution >= 4 is 28.4 Å². The molecule has 0 saturated heterocycles. The van der Waals surface area contributed by atoms with Crippen molar-refractivity contribution in [3.8, 4) is 0 Å². The third-order valence-corrected chi connectivity index (χ3v) is 2.66. The highest BCUT2D eigenvalue weighted by Gasteiger charge is 2.13. The van der Waals surface area contributed by atoms with Gasteiger partial charge in [0.05, 0.1) is 15.7 Å². The Hall–Kier alpha value is -0.400. The first-order chi connectivity index (χ1) is 6.02. The van der Waals surface area contributed by atoms with Crippen LogP contribution < -0.4 is 11.5 Å². The van der Waals surface area contributed by atoms with Crippen molar-refractivity contribution in [1.82, 2.24) is 4.98 Å². The highest BCUT2D eigenvalue weighted by Crippen LogP contribution is 2.19. The SMILES string of the molecule is C[C@H](O)[C@@H](N)c1cnc(N)c(I)c1. The molecule has 5 N–H and O–H groups in total. The molecule has 0 radical (unpaired) electrons. The van der Waals surface area contributed by atoms with Gasteiger partial charge in [0, 0.05) is 6.20 Å². The van der Waals surface area contributed by atoms with E-state index in [9.17, 15) is 5.11 Å². The normalized spacial score (nSPS) is 15.4. The van der Waals surface area contributed by atoms with Crippen molar-refractivity contribution in [3.05, 3.63) is 21.4 Å². The molecular weight excluding hydrogens is 281 g/mol. The van der Waals surface area contributed by atoms with Crippen LogP contribution in [0.1, 0.15) is 18.5 Å². The lowest BCUT2D eigenvalue weighted by atomic mass is 10.1. The lowest BCUT2D eigenvalue weighted by molar-refractivity contribution is 0.164. The van der Waals surface area contributed by atoms with Gasteiger partial charge in [0.2, 0.25) is 0 Å². The van der Waals surface area contributed by atoms with Crippen molar-refractivity contribution in [3.63, 3.8) is 0 Å². The Morgan fingerprint density at radius 2 is 2.23 bits per heavy atom. The fraction of sp³-hybridized carbons (Fsp3) is 0.375. The number of nitrogens with two attached hydrogens (primary N) is 2. The molecule has 0 aliphatic rings. The summed E-state index contributed by atoms with van der Waals surface area (Å²) >= 11 is 2.08. The van der Waals surface area contributed by atoms with E-state index in [1.807, 2.05) is 6.07 Å². The number of pyridine rings is 1. The van der Waals surface area contributed by atoms with Gasteiger partial charge in [0.25, 0.3) is 0 Å². The van der Waals surface area contributed by atoms with E-state index >= 15 is 0 Å². The van der Waals surface area contributed by atoms with Gasteiger partial charge in [0.1, 0.15) is 5.82 Å². The van der Waals surface area contributed by atoms with Crippen LogP contribution in [0.25, 0.3) is 0 Å². The van der Waals surface area contributed by atoms with E-state index < -0.39 is 12.1 Å². The summed E-state index contributed by atoms with van der Waals surface area (Å²) in [4.78, 5) is 3.96. The van der Waals surface area contributed by atoms with Crippen LogP contribution in [-0.4, -0.2) is 16.2 Å². The number of aliphatic hydroxyl groups excluding tert-OH is 1. The molecule has 0 amide bonds. The number of aliphatic hydroxyl groups is 1. The Morgan fingerprint density at radius 3 is 2.69 bits per heavy atom. The fourth-order valence-electron chi connectivity index (χ4n) is 0.924. The first-order valence-corrected chi connectivity index (χ1v) is 4.95. The van der Waals surface area contributed by atoms with Crippen molar-refractivity contribution in [2.75, 3.05) is 5.73 Å². The summed E-state index contributed by atoms with van der Waals surface area (Å²) in [6.07, 6.45) is 1.01. The van der Waals surface area contributed by atoms with Crippen LogP contribution in [0.2, 0.25) is 0 Å². The molecule has 0 aromatic carbocycles. The van der Waals surface area contributed by atoms with Crippen LogP contribution >= 0.6 is 22.6 Å². The summed E-state index contributed by atoms with van der Waals surface area (Å²) in [5, 5.41) is 9.25. The maximum atomic E-state index is 9.25. The van der Waals surface area contributed by atoms with Crippen LogP contribution in [-0.2, 0) is 0 Å². The van der Waals surface area contributed by atoms with Gasteiger partial charge in [-0.2, -0.15) is 0 Å². The standard InChI is InChI=1S/C8H12IN3O/c1-4(13)7(10)5-2-6(9)8(11)12-3-5/h2-4,7,13H,10H2,1H3,(H2,11,12)/t4-,7+/m0/s1. The smallest absolute Gasteiger partial charge is 0.136 e. The van der Waals surface area contributed by atoms with Gasteiger partial charge in [-0.1, -0.05) is 0 Å². The number of hydrogen-bond acceptors (Lipinski definition) is 4. The van der Waals surface area contributed by atoms with Crippen LogP contribution in [0.5, 0.6) is 0 Å². The van der Waals surface area contributed by atoms with E-state index in [2.05, 4.69) is 27.6 Å². The van der Waals surface area contributed by atoms with Crippen molar-refractivity contribution in [1.29, 1.82) is 0 Å². The zero-order chi connectivity index (χ0) is 10.0. The zero-order valence-electron chi connectivity index (χ0n) is 7.24. The molecule has 13 heavy (non-hydrogen) atoms. The molecule has 0 saturated carbocycles. The average molecular weight is 293 g/mol. The molecule has 0 aliphatic heterocycles. The Labute approximate surface area is 90.5 Å². The molecule has 1 heterocycles. The van der Waals surface area contributed by atoms with E-state index in [4.69, 9.17) is 11.5 Å². The Kier molecular flexibility index (Phi) is 3.46. The van der Waals surface area contributed by atoms with Crippen molar-refractivity contribution in [2.45, 2.75) is 19.1 Å². The minimum absolute atomic E-state index is 0.401. The van der Waals surface area contributed by atoms with Gasteiger partial charge in [-0.15, -0.1) is 0 Å². The van der Waals surface area contributed by atoms with E-state index in [0.29, 0.717) is 5.82 Å². The molecule has 0 aliphatic carbocycles. The second-order valence-electron chi connectivity index (χ2n) is 2.90. The van der Waals surface area contributed by atoms with E-state index in [1.54, 1.807) is 13.1 Å². The van der Waals surface area contributed by atoms with E-state index in [1.165, 1.54) is 0 Å². The van der Waals surface area contributed by atoms with Gasteiger partial charge in [0.15, 0.2) is 0 Å². The maximum Gasteiger partial charge on any atom is 0.136 e. The first-order valence-electron chi connectivity index (χ1n) is 3.87. The molecule has 4 nitrogen and oxygen atoms in total. The van der Waals surface area contributed by atoms with Crippen LogP contribution in [0.15, 0.2) is 12.3 Å². The Balaban J connectivity index is 2.97. The monoisotopic (exact) mass is 293 g/mol. The van der Waals surface area contributed by atoms with Gasteiger partial charge < -0.3 is 16.6 Å². The lowest BCUT2D eigenvalue weighted by Crippen LogP contribution is -2.23. The maximum absolute atomic E-state index is 9.25. The van der Waals surface area contributed by atoms with E-state index in [-0.39, 0.29) is 0 Å². The highest BCUT2D eigenvalue weighted by molar-refractivity contribution is 14.1. The average Bonchev–Trinajstić information content (AvgIpc) is 2.08. The Morgan fingerprint density at radius 1 is 1.62 bits per heavy atom. The molecule has 1 rings (SSSR count). The van der Waals surface area contributed by atoms with Crippen LogP contribution in [0.4, 0.5) is 5.82 Å². The molecule has 0 fully saturated rings. The molecule has 1 aromatic rings. The predicted octanol–water partition coefficient (Wildman–Crippen LogP) is 0.649. The van der Waals surface area contributed by atoms with E-state index in [0.717, 1.165) is 9.13 Å². The number of aromatic nitrogens is 1. The topological polar surface area (TPSA) is 85.2 Å². The lowest BCUT2D eigenvalue weighted by Gasteiger charge is -2.14.